The second kappa shape index (κ2) is 4.78. The van der Waals surface area contributed by atoms with E-state index in [9.17, 15) is 4.39 Å². The van der Waals surface area contributed by atoms with Crippen molar-refractivity contribution in [3.05, 3.63) is 0 Å². The molecule has 0 spiro atoms. The van der Waals surface area contributed by atoms with E-state index >= 15 is 0 Å². The van der Waals surface area contributed by atoms with Gasteiger partial charge in [0.15, 0.2) is 0 Å². The van der Waals surface area contributed by atoms with Gasteiger partial charge < -0.3 is 0 Å². The van der Waals surface area contributed by atoms with Crippen LogP contribution in [0.5, 0.6) is 0 Å². The molecular formula is C3H4Cl4F2. The maximum absolute atomic E-state index is 12.0. The Morgan fingerprint density at radius 3 is 1.67 bits per heavy atom. The maximum Gasteiger partial charge on any atom is 0.259 e. The van der Waals surface area contributed by atoms with Gasteiger partial charge in [0.05, 0.1) is 0 Å². The lowest BCUT2D eigenvalue weighted by atomic mass is 10.5. The smallest absolute Gasteiger partial charge is 0.259 e. The molecule has 0 saturated heterocycles. The van der Waals surface area contributed by atoms with Crippen LogP contribution in [0.15, 0.2) is 0 Å². The van der Waals surface area contributed by atoms with Gasteiger partial charge in [-0.05, 0) is 0 Å². The van der Waals surface area contributed by atoms with Crippen molar-refractivity contribution in [2.45, 2.75) is 15.8 Å². The Morgan fingerprint density at radius 1 is 1.33 bits per heavy atom. The van der Waals surface area contributed by atoms with Crippen molar-refractivity contribution in [1.82, 2.24) is 0 Å². The van der Waals surface area contributed by atoms with Gasteiger partial charge >= 0.3 is 0 Å². The van der Waals surface area contributed by atoms with Gasteiger partial charge in [-0.3, -0.25) is 4.70 Å². The molecule has 0 amide bonds. The Bertz CT molecular complexity index is 68.7. The summed E-state index contributed by atoms with van der Waals surface area (Å²) >= 11 is 20.0. The molecule has 0 radical (unpaired) electrons. The van der Waals surface area contributed by atoms with Crippen molar-refractivity contribution in [2.24, 2.45) is 0 Å². The van der Waals surface area contributed by atoms with E-state index in [1.165, 1.54) is 0 Å². The van der Waals surface area contributed by atoms with Crippen molar-refractivity contribution < 1.29 is 9.09 Å². The standard InChI is InChI=1S/C3H3Cl4F.FH/c4-2(5)1-3(6,7)8;/h2H,1H2;1H. The molecule has 0 nitrogen and oxygen atoms in total. The zero-order valence-electron chi connectivity index (χ0n) is 4.08. The van der Waals surface area contributed by atoms with E-state index in [2.05, 4.69) is 0 Å². The highest BCUT2D eigenvalue weighted by atomic mass is 35.5. The minimum Gasteiger partial charge on any atom is -0.269 e. The van der Waals surface area contributed by atoms with Gasteiger partial charge in [-0.2, -0.15) is 0 Å². The van der Waals surface area contributed by atoms with Crippen LogP contribution in [0, 0.1) is 0 Å². The summed E-state index contributed by atoms with van der Waals surface area (Å²) in [6.45, 7) is 0. The molecule has 0 unspecified atom stereocenters. The second-order valence-electron chi connectivity index (χ2n) is 1.21. The predicted molar refractivity (Wildman–Crippen MR) is 38.2 cm³/mol. The third-order valence-corrected chi connectivity index (χ3v) is 1.00. The number of halogens is 6. The maximum atomic E-state index is 12.0. The Kier molecular flexibility index (Phi) is 6.73. The first-order valence-electron chi connectivity index (χ1n) is 1.77. The van der Waals surface area contributed by atoms with E-state index in [0.29, 0.717) is 0 Å². The molecule has 0 saturated carbocycles. The summed E-state index contributed by atoms with van der Waals surface area (Å²) < 4.78 is 9.70. The molecule has 0 aliphatic carbocycles. The van der Waals surface area contributed by atoms with Gasteiger partial charge in [0.1, 0.15) is 4.84 Å². The summed E-state index contributed by atoms with van der Waals surface area (Å²) in [5.41, 5.74) is 0. The van der Waals surface area contributed by atoms with Crippen LogP contribution in [0.2, 0.25) is 0 Å². The largest absolute Gasteiger partial charge is 0.269 e. The van der Waals surface area contributed by atoms with Crippen molar-refractivity contribution in [3.63, 3.8) is 0 Å². The van der Waals surface area contributed by atoms with Crippen LogP contribution in [-0.4, -0.2) is 9.42 Å². The van der Waals surface area contributed by atoms with E-state index in [1.54, 1.807) is 0 Å². The predicted octanol–water partition coefficient (Wildman–Crippen LogP) is 3.43. The monoisotopic (exact) mass is 218 g/mol. The Labute approximate surface area is 71.6 Å². The molecule has 0 aromatic carbocycles. The fourth-order valence-electron chi connectivity index (χ4n) is 0.175. The molecule has 0 aliphatic rings. The number of hydrogen-bond donors (Lipinski definition) is 0. The molecule has 58 valence electrons. The Balaban J connectivity index is 0. The van der Waals surface area contributed by atoms with Crippen LogP contribution in [-0.2, 0) is 0 Å². The SMILES string of the molecule is F.FC(Cl)(Cl)CC(Cl)Cl. The fraction of sp³-hybridized carbons (Fsp3) is 1.00. The first-order valence-corrected chi connectivity index (χ1v) is 3.39. The number of rotatable bonds is 2. The lowest BCUT2D eigenvalue weighted by molar-refractivity contribution is 0.379. The molecule has 0 aromatic rings. The molecular weight excluding hydrogens is 216 g/mol. The molecule has 0 N–H and O–H groups in total. The van der Waals surface area contributed by atoms with Crippen molar-refractivity contribution in [1.29, 1.82) is 0 Å². The van der Waals surface area contributed by atoms with Crippen molar-refractivity contribution >= 4 is 46.4 Å². The second-order valence-corrected chi connectivity index (χ2v) is 3.88. The van der Waals surface area contributed by atoms with E-state index in [-0.39, 0.29) is 11.1 Å². The minimum absolute atomic E-state index is 0. The molecule has 9 heavy (non-hydrogen) atoms. The van der Waals surface area contributed by atoms with Crippen LogP contribution < -0.4 is 0 Å². The first kappa shape index (κ1) is 12.7. The van der Waals surface area contributed by atoms with Gasteiger partial charge in [0.25, 0.3) is 4.59 Å². The lowest BCUT2D eigenvalue weighted by Gasteiger charge is -2.07. The average Bonchev–Trinajstić information content (AvgIpc) is 1.21. The van der Waals surface area contributed by atoms with E-state index in [0.717, 1.165) is 0 Å². The Morgan fingerprint density at radius 2 is 1.67 bits per heavy atom. The molecule has 0 atom stereocenters. The summed E-state index contributed by atoms with van der Waals surface area (Å²) in [5, 5.41) is 0. The van der Waals surface area contributed by atoms with Gasteiger partial charge in [-0.15, -0.1) is 23.2 Å². The summed E-state index contributed by atoms with van der Waals surface area (Å²) in [7, 11) is 0. The fourth-order valence-corrected chi connectivity index (χ4v) is 1.22. The third-order valence-electron chi connectivity index (χ3n) is 0.386. The van der Waals surface area contributed by atoms with Crippen LogP contribution in [0.25, 0.3) is 0 Å². The normalized spacial score (nSPS) is 11.3. The molecule has 0 aliphatic heterocycles. The quantitative estimate of drug-likeness (QED) is 0.625. The van der Waals surface area contributed by atoms with Gasteiger partial charge in [-0.1, -0.05) is 23.2 Å². The van der Waals surface area contributed by atoms with Crippen LogP contribution in [0.1, 0.15) is 6.42 Å². The highest BCUT2D eigenvalue weighted by Gasteiger charge is 2.24. The van der Waals surface area contributed by atoms with Gasteiger partial charge in [0, 0.05) is 6.42 Å². The Hall–Kier alpha value is 1.02. The topological polar surface area (TPSA) is 0 Å². The minimum atomic E-state index is -2.30. The van der Waals surface area contributed by atoms with Gasteiger partial charge in [-0.25, -0.2) is 4.39 Å². The van der Waals surface area contributed by atoms with E-state index < -0.39 is 9.42 Å². The zero-order chi connectivity index (χ0) is 6.78. The van der Waals surface area contributed by atoms with E-state index in [4.69, 9.17) is 46.4 Å². The highest BCUT2D eigenvalue weighted by Crippen LogP contribution is 2.30. The zero-order valence-corrected chi connectivity index (χ0v) is 7.11. The lowest BCUT2D eigenvalue weighted by Crippen LogP contribution is -2.07. The summed E-state index contributed by atoms with van der Waals surface area (Å²) in [6.07, 6.45) is -0.279. The highest BCUT2D eigenvalue weighted by molar-refractivity contribution is 6.49. The van der Waals surface area contributed by atoms with Crippen molar-refractivity contribution in [3.8, 4) is 0 Å². The van der Waals surface area contributed by atoms with E-state index in [1.807, 2.05) is 0 Å². The molecule has 0 aromatic heterocycles. The first-order chi connectivity index (χ1) is 3.42. The third kappa shape index (κ3) is 12.3. The van der Waals surface area contributed by atoms with Crippen LogP contribution in [0.3, 0.4) is 0 Å². The molecule has 0 bridgehead atoms. The van der Waals surface area contributed by atoms with Crippen LogP contribution >= 0.6 is 46.4 Å². The average molecular weight is 220 g/mol. The van der Waals surface area contributed by atoms with Crippen molar-refractivity contribution in [2.75, 3.05) is 0 Å². The number of alkyl halides is 5. The molecule has 6 heteroatoms. The molecule has 0 rings (SSSR count). The summed E-state index contributed by atoms with van der Waals surface area (Å²) in [6, 6.07) is 0. The molecule has 0 heterocycles. The summed E-state index contributed by atoms with van der Waals surface area (Å²) in [5.74, 6) is 0. The molecule has 0 fully saturated rings. The van der Waals surface area contributed by atoms with Crippen LogP contribution in [0.4, 0.5) is 9.09 Å². The summed E-state index contributed by atoms with van der Waals surface area (Å²) in [4.78, 5) is -0.852. The van der Waals surface area contributed by atoms with Gasteiger partial charge in [0.2, 0.25) is 0 Å². The number of hydrogen-bond acceptors (Lipinski definition) is 0.